The van der Waals surface area contributed by atoms with Crippen LogP contribution in [0.4, 0.5) is 5.82 Å². The Labute approximate surface area is 100 Å². The zero-order valence-electron chi connectivity index (χ0n) is 10.1. The van der Waals surface area contributed by atoms with Crippen LogP contribution in [-0.4, -0.2) is 15.1 Å². The molecule has 0 radical (unpaired) electrons. The molecule has 0 aliphatic heterocycles. The summed E-state index contributed by atoms with van der Waals surface area (Å²) in [6, 6.07) is 3.52. The fraction of sp³-hybridized carbons (Fsp3) is 0.417. The van der Waals surface area contributed by atoms with Crippen LogP contribution in [0.1, 0.15) is 26.1 Å². The van der Waals surface area contributed by atoms with Crippen molar-refractivity contribution in [3.63, 3.8) is 0 Å². The molecule has 0 saturated heterocycles. The van der Waals surface area contributed by atoms with Crippen LogP contribution >= 0.6 is 0 Å². The lowest BCUT2D eigenvalue weighted by molar-refractivity contribution is 0.419. The largest absolute Gasteiger partial charge is 0.384 e. The Kier molecular flexibility index (Phi) is 3.37. The van der Waals surface area contributed by atoms with Crippen molar-refractivity contribution >= 4 is 5.82 Å². The van der Waals surface area contributed by atoms with Crippen molar-refractivity contribution in [1.82, 2.24) is 15.1 Å². The summed E-state index contributed by atoms with van der Waals surface area (Å²) in [5, 5.41) is 3.95. The second-order valence-electron chi connectivity index (χ2n) is 4.42. The molecule has 0 aliphatic carbocycles. The zero-order valence-corrected chi connectivity index (χ0v) is 10.1. The maximum absolute atomic E-state index is 5.60. The van der Waals surface area contributed by atoms with E-state index in [9.17, 15) is 0 Å². The monoisotopic (exact) mass is 232 g/mol. The van der Waals surface area contributed by atoms with Gasteiger partial charge >= 0.3 is 0 Å². The molecule has 90 valence electrons. The van der Waals surface area contributed by atoms with E-state index in [4.69, 9.17) is 10.3 Å². The number of nitrogens with two attached hydrogens (primary N) is 1. The molecule has 2 heterocycles. The first-order chi connectivity index (χ1) is 8.15. The molecule has 5 nitrogen and oxygen atoms in total. The summed E-state index contributed by atoms with van der Waals surface area (Å²) in [4.78, 5) is 8.25. The second kappa shape index (κ2) is 4.95. The quantitative estimate of drug-likeness (QED) is 0.875. The lowest BCUT2D eigenvalue weighted by Gasteiger charge is -1.98. The van der Waals surface area contributed by atoms with Crippen LogP contribution in [0.3, 0.4) is 0 Å². The van der Waals surface area contributed by atoms with Crippen molar-refractivity contribution in [1.29, 1.82) is 0 Å². The average Bonchev–Trinajstić information content (AvgIpc) is 2.75. The lowest BCUT2D eigenvalue weighted by atomic mass is 10.1. The smallest absolute Gasteiger partial charge is 0.258 e. The second-order valence-corrected chi connectivity index (χ2v) is 4.42. The maximum atomic E-state index is 5.60. The molecule has 0 amide bonds. The van der Waals surface area contributed by atoms with Gasteiger partial charge in [0.05, 0.1) is 0 Å². The van der Waals surface area contributed by atoms with E-state index in [0.29, 0.717) is 17.6 Å². The van der Waals surface area contributed by atoms with Gasteiger partial charge in [0.2, 0.25) is 0 Å². The third-order valence-electron chi connectivity index (χ3n) is 2.44. The van der Waals surface area contributed by atoms with Gasteiger partial charge in [0.25, 0.3) is 5.89 Å². The minimum Gasteiger partial charge on any atom is -0.384 e. The van der Waals surface area contributed by atoms with Gasteiger partial charge in [0.15, 0.2) is 5.82 Å². The third kappa shape index (κ3) is 3.03. The molecule has 2 aromatic heterocycles. The third-order valence-corrected chi connectivity index (χ3v) is 2.44. The molecule has 0 bridgehead atoms. The van der Waals surface area contributed by atoms with Gasteiger partial charge in [0.1, 0.15) is 5.82 Å². The normalized spacial score (nSPS) is 11.0. The van der Waals surface area contributed by atoms with Crippen molar-refractivity contribution in [3.8, 4) is 11.5 Å². The van der Waals surface area contributed by atoms with Gasteiger partial charge in [-0.15, -0.1) is 0 Å². The van der Waals surface area contributed by atoms with Gasteiger partial charge in [-0.05, 0) is 24.5 Å². The predicted molar refractivity (Wildman–Crippen MR) is 65.1 cm³/mol. The van der Waals surface area contributed by atoms with Gasteiger partial charge < -0.3 is 10.3 Å². The highest BCUT2D eigenvalue weighted by Crippen LogP contribution is 2.18. The van der Waals surface area contributed by atoms with Crippen molar-refractivity contribution in [2.75, 3.05) is 5.73 Å². The molecule has 0 fully saturated rings. The minimum atomic E-state index is 0.449. The number of aryl methyl sites for hydroxylation is 1. The standard InChI is InChI=1S/C12H16N4O/c1-8(2)3-4-11-15-12(17-16-11)9-5-6-14-10(13)7-9/h5-8H,3-4H2,1-2H3,(H2,13,14). The SMILES string of the molecule is CC(C)CCc1noc(-c2ccnc(N)c2)n1. The molecule has 0 atom stereocenters. The fourth-order valence-corrected chi connectivity index (χ4v) is 1.47. The van der Waals surface area contributed by atoms with Crippen molar-refractivity contribution < 1.29 is 4.52 Å². The molecule has 2 rings (SSSR count). The maximum Gasteiger partial charge on any atom is 0.258 e. The summed E-state index contributed by atoms with van der Waals surface area (Å²) in [6.45, 7) is 4.34. The number of hydrogen-bond acceptors (Lipinski definition) is 5. The van der Waals surface area contributed by atoms with Crippen LogP contribution in [0.5, 0.6) is 0 Å². The minimum absolute atomic E-state index is 0.449. The predicted octanol–water partition coefficient (Wildman–Crippen LogP) is 2.30. The number of nitrogens with zero attached hydrogens (tertiary/aromatic N) is 3. The van der Waals surface area contributed by atoms with Crippen LogP contribution in [0.15, 0.2) is 22.9 Å². The highest BCUT2D eigenvalue weighted by atomic mass is 16.5. The van der Waals surface area contributed by atoms with Gasteiger partial charge in [-0.25, -0.2) is 4.98 Å². The van der Waals surface area contributed by atoms with E-state index in [1.165, 1.54) is 0 Å². The summed E-state index contributed by atoms with van der Waals surface area (Å²) in [5.41, 5.74) is 6.41. The number of rotatable bonds is 4. The van der Waals surface area contributed by atoms with E-state index in [1.807, 2.05) is 0 Å². The molecule has 0 aromatic carbocycles. The fourth-order valence-electron chi connectivity index (χ4n) is 1.47. The summed E-state index contributed by atoms with van der Waals surface area (Å²) < 4.78 is 5.19. The zero-order chi connectivity index (χ0) is 12.3. The van der Waals surface area contributed by atoms with Crippen LogP contribution in [0.2, 0.25) is 0 Å². The molecular weight excluding hydrogens is 216 g/mol. The number of pyridine rings is 1. The van der Waals surface area contributed by atoms with E-state index >= 15 is 0 Å². The summed E-state index contributed by atoms with van der Waals surface area (Å²) in [5.74, 6) is 2.32. The summed E-state index contributed by atoms with van der Waals surface area (Å²) in [6.07, 6.45) is 3.52. The first-order valence-corrected chi connectivity index (χ1v) is 5.69. The van der Waals surface area contributed by atoms with Crippen LogP contribution in [-0.2, 0) is 6.42 Å². The molecule has 0 saturated carbocycles. The number of hydrogen-bond donors (Lipinski definition) is 1. The molecule has 2 aromatic rings. The Bertz CT molecular complexity index is 493. The van der Waals surface area contributed by atoms with Crippen LogP contribution in [0, 0.1) is 5.92 Å². The van der Waals surface area contributed by atoms with Gasteiger partial charge in [0, 0.05) is 18.2 Å². The van der Waals surface area contributed by atoms with E-state index < -0.39 is 0 Å². The van der Waals surface area contributed by atoms with Crippen LogP contribution < -0.4 is 5.73 Å². The summed E-state index contributed by atoms with van der Waals surface area (Å²) >= 11 is 0. The van der Waals surface area contributed by atoms with E-state index in [1.54, 1.807) is 18.3 Å². The van der Waals surface area contributed by atoms with E-state index in [2.05, 4.69) is 29.0 Å². The van der Waals surface area contributed by atoms with Gasteiger partial charge in [-0.1, -0.05) is 19.0 Å². The topological polar surface area (TPSA) is 77.8 Å². The molecule has 0 unspecified atom stereocenters. The molecule has 0 aliphatic rings. The molecular formula is C12H16N4O. The Balaban J connectivity index is 2.12. The molecule has 5 heteroatoms. The molecule has 17 heavy (non-hydrogen) atoms. The van der Waals surface area contributed by atoms with E-state index in [-0.39, 0.29) is 0 Å². The Morgan fingerprint density at radius 3 is 2.94 bits per heavy atom. The number of nitrogen functional groups attached to an aromatic ring is 1. The molecule has 2 N–H and O–H groups in total. The Morgan fingerprint density at radius 1 is 1.41 bits per heavy atom. The number of anilines is 1. The average molecular weight is 232 g/mol. The van der Waals surface area contributed by atoms with Gasteiger partial charge in [-0.3, -0.25) is 0 Å². The highest BCUT2D eigenvalue weighted by Gasteiger charge is 2.09. The van der Waals surface area contributed by atoms with E-state index in [0.717, 1.165) is 24.2 Å². The number of aromatic nitrogens is 3. The highest BCUT2D eigenvalue weighted by molar-refractivity contribution is 5.56. The van der Waals surface area contributed by atoms with Crippen molar-refractivity contribution in [2.45, 2.75) is 26.7 Å². The first kappa shape index (κ1) is 11.6. The van der Waals surface area contributed by atoms with Crippen LogP contribution in [0.25, 0.3) is 11.5 Å². The first-order valence-electron chi connectivity index (χ1n) is 5.69. The van der Waals surface area contributed by atoms with Gasteiger partial charge in [-0.2, -0.15) is 4.98 Å². The Morgan fingerprint density at radius 2 is 2.24 bits per heavy atom. The molecule has 0 spiro atoms. The summed E-state index contributed by atoms with van der Waals surface area (Å²) in [7, 11) is 0. The van der Waals surface area contributed by atoms with Crippen molar-refractivity contribution in [3.05, 3.63) is 24.2 Å². The lowest BCUT2D eigenvalue weighted by Crippen LogP contribution is -1.94. The Hall–Kier alpha value is -1.91. The van der Waals surface area contributed by atoms with Crippen molar-refractivity contribution in [2.24, 2.45) is 5.92 Å².